The van der Waals surface area contributed by atoms with Gasteiger partial charge in [-0.15, -0.1) is 0 Å². The number of primary amides is 1. The molecule has 0 aromatic heterocycles. The molecule has 0 radical (unpaired) electrons. The van der Waals surface area contributed by atoms with Gasteiger partial charge in [-0.25, -0.2) is 4.79 Å². The first-order chi connectivity index (χ1) is 7.67. The molecule has 0 aromatic rings. The van der Waals surface area contributed by atoms with Gasteiger partial charge in [-0.3, -0.25) is 10.1 Å². The van der Waals surface area contributed by atoms with Crippen molar-refractivity contribution >= 4 is 12.0 Å². The fraction of sp³-hybridized carbons (Fsp3) is 0.500. The zero-order valence-corrected chi connectivity index (χ0v) is 11.0. The molecule has 0 unspecified atom stereocenters. The summed E-state index contributed by atoms with van der Waals surface area (Å²) in [6, 6.07) is 0. The number of hydrogen-bond donors (Lipinski definition) is 2. The molecule has 0 aliphatic heterocycles. The Bertz CT molecular complexity index is 362. The van der Waals surface area contributed by atoms with Crippen molar-refractivity contribution in [2.75, 3.05) is 0 Å². The summed E-state index contributed by atoms with van der Waals surface area (Å²) in [5.41, 5.74) is 5.22. The van der Waals surface area contributed by atoms with Crippen LogP contribution in [0.4, 0.5) is 4.79 Å². The molecule has 3 N–H and O–H groups in total. The van der Waals surface area contributed by atoms with Gasteiger partial charge in [0.2, 0.25) is 5.91 Å². The molecule has 0 heterocycles. The molecule has 0 rings (SSSR count). The number of carbonyl (C=O) groups is 2. The fourth-order valence-corrected chi connectivity index (χ4v) is 1.08. The summed E-state index contributed by atoms with van der Waals surface area (Å²) < 4.78 is 5.06. The lowest BCUT2D eigenvalue weighted by Gasteiger charge is -2.20. The monoisotopic (exact) mass is 240 g/mol. The minimum atomic E-state index is -0.613. The Balaban J connectivity index is 4.81. The summed E-state index contributed by atoms with van der Waals surface area (Å²) in [7, 11) is 0. The molecule has 0 bridgehead atoms. The van der Waals surface area contributed by atoms with Crippen LogP contribution in [0.1, 0.15) is 34.6 Å². The van der Waals surface area contributed by atoms with Gasteiger partial charge in [0, 0.05) is 5.70 Å². The first kappa shape index (κ1) is 15.2. The van der Waals surface area contributed by atoms with Crippen molar-refractivity contribution in [3.8, 4) is 0 Å². The van der Waals surface area contributed by atoms with E-state index in [9.17, 15) is 9.59 Å². The van der Waals surface area contributed by atoms with Crippen molar-refractivity contribution in [2.45, 2.75) is 40.2 Å². The second-order valence-electron chi connectivity index (χ2n) is 4.53. The van der Waals surface area contributed by atoms with E-state index in [1.807, 2.05) is 0 Å². The molecule has 0 saturated carbocycles. The van der Waals surface area contributed by atoms with Gasteiger partial charge in [0.05, 0.1) is 5.57 Å². The van der Waals surface area contributed by atoms with Crippen LogP contribution in [-0.2, 0) is 9.53 Å². The zero-order valence-electron chi connectivity index (χ0n) is 11.0. The Morgan fingerprint density at radius 3 is 2.18 bits per heavy atom. The molecule has 0 aliphatic carbocycles. The van der Waals surface area contributed by atoms with E-state index in [0.717, 1.165) is 0 Å². The quantitative estimate of drug-likeness (QED) is 0.583. The third-order valence-electron chi connectivity index (χ3n) is 1.69. The van der Waals surface area contributed by atoms with E-state index < -0.39 is 17.6 Å². The number of ether oxygens (including phenoxy) is 1. The minimum absolute atomic E-state index is 0.248. The van der Waals surface area contributed by atoms with Crippen LogP contribution in [0, 0.1) is 0 Å². The van der Waals surface area contributed by atoms with Gasteiger partial charge >= 0.3 is 6.09 Å². The topological polar surface area (TPSA) is 81.4 Å². The molecule has 0 atom stereocenters. The first-order valence-electron chi connectivity index (χ1n) is 5.30. The SMILES string of the molecule is C/C=C\C(C(N)=O)=C(/C)NC(=O)OC(C)(C)C. The lowest BCUT2D eigenvalue weighted by Crippen LogP contribution is -2.32. The number of carbonyl (C=O) groups excluding carboxylic acids is 2. The average Bonchev–Trinajstić information content (AvgIpc) is 2.09. The Morgan fingerprint density at radius 1 is 1.29 bits per heavy atom. The highest BCUT2D eigenvalue weighted by Gasteiger charge is 2.17. The molecule has 0 aromatic carbocycles. The Labute approximate surface area is 102 Å². The lowest BCUT2D eigenvalue weighted by atomic mass is 10.2. The maximum absolute atomic E-state index is 11.5. The summed E-state index contributed by atoms with van der Waals surface area (Å²) in [6.07, 6.45) is 2.59. The fourth-order valence-electron chi connectivity index (χ4n) is 1.08. The molecule has 5 nitrogen and oxygen atoms in total. The molecular formula is C12H20N2O3. The minimum Gasteiger partial charge on any atom is -0.444 e. The van der Waals surface area contributed by atoms with E-state index in [1.54, 1.807) is 40.7 Å². The van der Waals surface area contributed by atoms with Crippen molar-refractivity contribution in [1.82, 2.24) is 5.32 Å². The van der Waals surface area contributed by atoms with Gasteiger partial charge < -0.3 is 10.5 Å². The van der Waals surface area contributed by atoms with Gasteiger partial charge in [0.1, 0.15) is 5.60 Å². The number of nitrogens with one attached hydrogen (secondary N) is 1. The number of hydrogen-bond acceptors (Lipinski definition) is 3. The molecule has 0 saturated heterocycles. The van der Waals surface area contributed by atoms with Gasteiger partial charge in [0.15, 0.2) is 0 Å². The maximum atomic E-state index is 11.5. The second-order valence-corrected chi connectivity index (χ2v) is 4.53. The number of allylic oxidation sites excluding steroid dienone is 2. The van der Waals surface area contributed by atoms with Gasteiger partial charge in [-0.1, -0.05) is 12.2 Å². The Hall–Kier alpha value is -1.78. The predicted molar refractivity (Wildman–Crippen MR) is 66.1 cm³/mol. The van der Waals surface area contributed by atoms with Crippen LogP contribution in [-0.4, -0.2) is 17.6 Å². The van der Waals surface area contributed by atoms with E-state index in [1.165, 1.54) is 6.08 Å². The first-order valence-corrected chi connectivity index (χ1v) is 5.30. The van der Waals surface area contributed by atoms with Crippen LogP contribution in [0.15, 0.2) is 23.4 Å². The normalized spacial score (nSPS) is 13.2. The van der Waals surface area contributed by atoms with Gasteiger partial charge in [0.25, 0.3) is 0 Å². The molecule has 96 valence electrons. The molecule has 2 amide bonds. The second kappa shape index (κ2) is 6.08. The highest BCUT2D eigenvalue weighted by atomic mass is 16.6. The third kappa shape index (κ3) is 6.40. The lowest BCUT2D eigenvalue weighted by molar-refractivity contribution is -0.114. The highest BCUT2D eigenvalue weighted by molar-refractivity contribution is 5.96. The van der Waals surface area contributed by atoms with E-state index in [0.29, 0.717) is 5.70 Å². The number of alkyl carbamates (subject to hydrolysis) is 1. The zero-order chi connectivity index (χ0) is 13.6. The summed E-state index contributed by atoms with van der Waals surface area (Å²) in [5, 5.41) is 2.47. The van der Waals surface area contributed by atoms with Crippen molar-refractivity contribution in [3.63, 3.8) is 0 Å². The van der Waals surface area contributed by atoms with Crippen LogP contribution in [0.3, 0.4) is 0 Å². The third-order valence-corrected chi connectivity index (χ3v) is 1.69. The average molecular weight is 240 g/mol. The smallest absolute Gasteiger partial charge is 0.411 e. The molecular weight excluding hydrogens is 220 g/mol. The van der Waals surface area contributed by atoms with E-state index in [2.05, 4.69) is 5.32 Å². The molecule has 0 fully saturated rings. The highest BCUT2D eigenvalue weighted by Crippen LogP contribution is 2.08. The van der Waals surface area contributed by atoms with Crippen molar-refractivity contribution in [3.05, 3.63) is 23.4 Å². The molecule has 0 spiro atoms. The summed E-state index contributed by atoms with van der Waals surface area (Å²) >= 11 is 0. The van der Waals surface area contributed by atoms with Crippen molar-refractivity contribution < 1.29 is 14.3 Å². The standard InChI is InChI=1S/C12H20N2O3/c1-6-7-9(10(13)15)8(2)14-11(16)17-12(3,4)5/h6-7H,1-5H3,(H2,13,15)(H,14,16)/b7-6-,9-8-. The van der Waals surface area contributed by atoms with E-state index in [-0.39, 0.29) is 5.57 Å². The molecule has 17 heavy (non-hydrogen) atoms. The Kier molecular flexibility index (Phi) is 5.44. The van der Waals surface area contributed by atoms with E-state index in [4.69, 9.17) is 10.5 Å². The van der Waals surface area contributed by atoms with Crippen LogP contribution in [0.2, 0.25) is 0 Å². The number of nitrogens with two attached hydrogens (primary N) is 1. The summed E-state index contributed by atoms with van der Waals surface area (Å²) in [6.45, 7) is 8.61. The van der Waals surface area contributed by atoms with Crippen molar-refractivity contribution in [2.24, 2.45) is 5.73 Å². The van der Waals surface area contributed by atoms with Crippen LogP contribution in [0.25, 0.3) is 0 Å². The number of rotatable bonds is 3. The van der Waals surface area contributed by atoms with Crippen molar-refractivity contribution in [1.29, 1.82) is 0 Å². The predicted octanol–water partition coefficient (Wildman–Crippen LogP) is 1.85. The molecule has 5 heteroatoms. The van der Waals surface area contributed by atoms with E-state index >= 15 is 0 Å². The van der Waals surface area contributed by atoms with Crippen LogP contribution in [0.5, 0.6) is 0 Å². The van der Waals surface area contributed by atoms with Crippen LogP contribution < -0.4 is 11.1 Å². The summed E-state index contributed by atoms with van der Waals surface area (Å²) in [4.78, 5) is 22.6. The van der Waals surface area contributed by atoms with Crippen LogP contribution >= 0.6 is 0 Å². The Morgan fingerprint density at radius 2 is 1.82 bits per heavy atom. The number of amides is 2. The summed E-state index contributed by atoms with van der Waals surface area (Å²) in [5.74, 6) is -0.600. The largest absolute Gasteiger partial charge is 0.444 e. The van der Waals surface area contributed by atoms with Gasteiger partial charge in [-0.05, 0) is 34.6 Å². The maximum Gasteiger partial charge on any atom is 0.411 e. The molecule has 0 aliphatic rings. The van der Waals surface area contributed by atoms with Gasteiger partial charge in [-0.2, -0.15) is 0 Å².